The lowest BCUT2D eigenvalue weighted by molar-refractivity contribution is -0.122. The Labute approximate surface area is 206 Å². The predicted octanol–water partition coefficient (Wildman–Crippen LogP) is 5.21. The number of hydrogen-bond acceptors (Lipinski definition) is 6. The van der Waals surface area contributed by atoms with Crippen LogP contribution in [0.15, 0.2) is 9.70 Å². The first kappa shape index (κ1) is 25.5. The first-order valence-corrected chi connectivity index (χ1v) is 13.3. The molecule has 178 valence electrons. The number of thiocarbonyl (C=S) groups is 1. The number of nitrogens with zero attached hydrogens (tertiary/aromatic N) is 4. The smallest absolute Gasteiger partial charge is 0.270 e. The van der Waals surface area contributed by atoms with E-state index in [1.54, 1.807) is 9.47 Å². The van der Waals surface area contributed by atoms with Gasteiger partial charge in [0.05, 0.1) is 4.91 Å². The second-order valence-electron chi connectivity index (χ2n) is 8.69. The average molecular weight is 487 g/mol. The van der Waals surface area contributed by atoms with Crippen LogP contribution in [-0.2, 0) is 11.3 Å². The Balaban J connectivity index is 1.92. The summed E-state index contributed by atoms with van der Waals surface area (Å²) in [5, 5.41) is 9.67. The van der Waals surface area contributed by atoms with Gasteiger partial charge in [0.1, 0.15) is 21.8 Å². The van der Waals surface area contributed by atoms with E-state index in [1.807, 2.05) is 19.9 Å². The number of thioether (sulfide) groups is 1. The van der Waals surface area contributed by atoms with Crippen LogP contribution in [0.5, 0.6) is 0 Å². The molecular formula is C25H34N4O2S2. The Morgan fingerprint density at radius 1 is 1.09 bits per heavy atom. The monoisotopic (exact) mass is 486 g/mol. The van der Waals surface area contributed by atoms with E-state index in [2.05, 4.69) is 17.9 Å². The molecular weight excluding hydrogens is 452 g/mol. The first-order chi connectivity index (χ1) is 15.9. The third-order valence-corrected chi connectivity index (χ3v) is 7.83. The quantitative estimate of drug-likeness (QED) is 0.257. The van der Waals surface area contributed by atoms with Gasteiger partial charge in [0.2, 0.25) is 0 Å². The number of carbonyl (C=O) groups is 1. The number of pyridine rings is 1. The van der Waals surface area contributed by atoms with Crippen molar-refractivity contribution >= 4 is 46.1 Å². The number of anilines is 1. The van der Waals surface area contributed by atoms with Gasteiger partial charge in [-0.3, -0.25) is 19.1 Å². The second kappa shape index (κ2) is 11.8. The molecule has 0 aliphatic carbocycles. The molecule has 0 radical (unpaired) electrons. The molecule has 2 fully saturated rings. The Morgan fingerprint density at radius 3 is 2.39 bits per heavy atom. The minimum atomic E-state index is -0.257. The van der Waals surface area contributed by atoms with Crippen LogP contribution in [-0.4, -0.2) is 39.3 Å². The van der Waals surface area contributed by atoms with E-state index in [1.165, 1.54) is 37.4 Å². The predicted molar refractivity (Wildman–Crippen MR) is 141 cm³/mol. The van der Waals surface area contributed by atoms with Gasteiger partial charge in [-0.15, -0.1) is 0 Å². The van der Waals surface area contributed by atoms with Crippen molar-refractivity contribution in [3.05, 3.63) is 31.9 Å². The van der Waals surface area contributed by atoms with Gasteiger partial charge >= 0.3 is 0 Å². The summed E-state index contributed by atoms with van der Waals surface area (Å²) < 4.78 is 2.27. The lowest BCUT2D eigenvalue weighted by Crippen LogP contribution is -2.33. The molecule has 6 nitrogen and oxygen atoms in total. The van der Waals surface area contributed by atoms with Gasteiger partial charge in [-0.05, 0) is 44.7 Å². The van der Waals surface area contributed by atoms with Crippen molar-refractivity contribution in [3.63, 3.8) is 0 Å². The second-order valence-corrected chi connectivity index (χ2v) is 10.4. The third-order valence-electron chi connectivity index (χ3n) is 6.45. The molecule has 0 bridgehead atoms. The van der Waals surface area contributed by atoms with Crippen LogP contribution in [0.3, 0.4) is 0 Å². The molecule has 0 spiro atoms. The molecule has 2 saturated heterocycles. The number of nitriles is 1. The highest BCUT2D eigenvalue weighted by Gasteiger charge is 2.33. The highest BCUT2D eigenvalue weighted by molar-refractivity contribution is 8.26. The Bertz CT molecular complexity index is 1030. The molecule has 0 atom stereocenters. The molecule has 3 rings (SSSR count). The Morgan fingerprint density at radius 2 is 1.76 bits per heavy atom. The molecule has 0 unspecified atom stereocenters. The van der Waals surface area contributed by atoms with Crippen LogP contribution in [0.25, 0.3) is 6.08 Å². The van der Waals surface area contributed by atoms with Crippen molar-refractivity contribution < 1.29 is 4.79 Å². The molecule has 0 aromatic carbocycles. The van der Waals surface area contributed by atoms with E-state index in [-0.39, 0.29) is 17.0 Å². The molecule has 0 saturated carbocycles. The summed E-state index contributed by atoms with van der Waals surface area (Å²) in [5.41, 5.74) is 1.31. The van der Waals surface area contributed by atoms with Gasteiger partial charge in [0, 0.05) is 31.7 Å². The standard InChI is InChI=1S/C25H34N4O2S2/c1-4-6-7-8-9-10-15-29-24(31)21(33-25(29)32)16-19-18(3)20(17-26)23(30)28(5-2)22(19)27-13-11-12-14-27/h16H,4-15H2,1-3H3. The highest BCUT2D eigenvalue weighted by Crippen LogP contribution is 2.36. The van der Waals surface area contributed by atoms with Crippen molar-refractivity contribution in [2.75, 3.05) is 24.5 Å². The largest absolute Gasteiger partial charge is 0.357 e. The summed E-state index contributed by atoms with van der Waals surface area (Å²) in [7, 11) is 0. The van der Waals surface area contributed by atoms with Crippen molar-refractivity contribution in [2.45, 2.75) is 78.7 Å². The Hall–Kier alpha value is -2.11. The normalized spacial score (nSPS) is 17.5. The fourth-order valence-corrected chi connectivity index (χ4v) is 5.87. The maximum Gasteiger partial charge on any atom is 0.270 e. The summed E-state index contributed by atoms with van der Waals surface area (Å²) >= 11 is 6.85. The zero-order chi connectivity index (χ0) is 24.0. The van der Waals surface area contributed by atoms with Crippen LogP contribution in [0.2, 0.25) is 0 Å². The molecule has 1 aromatic heterocycles. The molecule has 2 aliphatic rings. The fraction of sp³-hybridized carbons (Fsp3) is 0.600. The lowest BCUT2D eigenvalue weighted by atomic mass is 10.0. The van der Waals surface area contributed by atoms with E-state index < -0.39 is 0 Å². The third kappa shape index (κ3) is 5.52. The van der Waals surface area contributed by atoms with Crippen LogP contribution in [0.1, 0.15) is 81.9 Å². The van der Waals surface area contributed by atoms with Crippen molar-refractivity contribution in [3.8, 4) is 6.07 Å². The van der Waals surface area contributed by atoms with Crippen LogP contribution >= 0.6 is 24.0 Å². The van der Waals surface area contributed by atoms with Crippen LogP contribution in [0, 0.1) is 18.3 Å². The Kier molecular flexibility index (Phi) is 9.16. The van der Waals surface area contributed by atoms with Gasteiger partial charge < -0.3 is 4.90 Å². The number of unbranched alkanes of at least 4 members (excludes halogenated alkanes) is 5. The molecule has 1 amide bonds. The number of hydrogen-bond donors (Lipinski definition) is 0. The minimum Gasteiger partial charge on any atom is -0.357 e. The van der Waals surface area contributed by atoms with Crippen LogP contribution < -0.4 is 10.5 Å². The number of aromatic nitrogens is 1. The fourth-order valence-electron chi connectivity index (χ4n) is 4.58. The van der Waals surface area contributed by atoms with Crippen molar-refractivity contribution in [1.82, 2.24) is 9.47 Å². The first-order valence-electron chi connectivity index (χ1n) is 12.1. The number of rotatable bonds is 10. The van der Waals surface area contributed by atoms with Gasteiger partial charge in [0.25, 0.3) is 11.5 Å². The van der Waals surface area contributed by atoms with E-state index in [0.717, 1.165) is 50.2 Å². The molecule has 1 aromatic rings. The summed E-state index contributed by atoms with van der Waals surface area (Å²) in [6, 6.07) is 2.09. The van der Waals surface area contributed by atoms with Gasteiger partial charge in [-0.25, -0.2) is 0 Å². The summed E-state index contributed by atoms with van der Waals surface area (Å²) in [6.07, 6.45) is 10.9. The average Bonchev–Trinajstić information content (AvgIpc) is 3.42. The van der Waals surface area contributed by atoms with Crippen LogP contribution in [0.4, 0.5) is 5.82 Å². The molecule has 3 heterocycles. The number of carbonyl (C=O) groups excluding carboxylic acids is 1. The van der Waals surface area contributed by atoms with E-state index in [0.29, 0.717) is 27.9 Å². The van der Waals surface area contributed by atoms with Crippen molar-refractivity contribution in [1.29, 1.82) is 5.26 Å². The number of amides is 1. The van der Waals surface area contributed by atoms with E-state index in [9.17, 15) is 14.9 Å². The molecule has 2 aliphatic heterocycles. The van der Waals surface area contributed by atoms with Gasteiger partial charge in [-0.1, -0.05) is 63.0 Å². The maximum absolute atomic E-state index is 13.2. The van der Waals surface area contributed by atoms with E-state index in [4.69, 9.17) is 12.2 Å². The van der Waals surface area contributed by atoms with Gasteiger partial charge in [0.15, 0.2) is 0 Å². The zero-order valence-electron chi connectivity index (χ0n) is 20.0. The van der Waals surface area contributed by atoms with Crippen molar-refractivity contribution in [2.24, 2.45) is 0 Å². The maximum atomic E-state index is 13.2. The van der Waals surface area contributed by atoms with E-state index >= 15 is 0 Å². The summed E-state index contributed by atoms with van der Waals surface area (Å²) in [4.78, 5) is 30.7. The topological polar surface area (TPSA) is 69.3 Å². The molecule has 33 heavy (non-hydrogen) atoms. The molecule has 8 heteroatoms. The minimum absolute atomic E-state index is 0.0712. The highest BCUT2D eigenvalue weighted by atomic mass is 32.2. The van der Waals surface area contributed by atoms with Gasteiger partial charge in [-0.2, -0.15) is 5.26 Å². The lowest BCUT2D eigenvalue weighted by Gasteiger charge is -2.26. The zero-order valence-corrected chi connectivity index (χ0v) is 21.6. The summed E-state index contributed by atoms with van der Waals surface area (Å²) in [5.74, 6) is 0.746. The summed E-state index contributed by atoms with van der Waals surface area (Å²) in [6.45, 7) is 8.78. The SMILES string of the molecule is CCCCCCCCN1C(=O)C(=Cc2c(C)c(C#N)c(=O)n(CC)c2N2CCCC2)SC1=S. The molecule has 0 N–H and O–H groups in total.